The highest BCUT2D eigenvalue weighted by Crippen LogP contribution is 2.19. The standard InChI is InChI=1S/C19H27N/c1-6-7-8-9-19-14-18(12-13-20-19)17(5)11-10-16(4)15(2)3/h10,12-14H,2,5-9,11H2,1,3-4H3. The first-order chi connectivity index (χ1) is 9.54. The Morgan fingerprint density at radius 2 is 2.00 bits per heavy atom. The van der Waals surface area contributed by atoms with E-state index in [1.165, 1.54) is 36.1 Å². The van der Waals surface area contributed by atoms with Gasteiger partial charge in [-0.1, -0.05) is 50.1 Å². The van der Waals surface area contributed by atoms with Gasteiger partial charge in [-0.2, -0.15) is 0 Å². The molecule has 0 spiro atoms. The maximum absolute atomic E-state index is 4.45. The molecule has 1 aromatic rings. The third-order valence-corrected chi connectivity index (χ3v) is 3.59. The summed E-state index contributed by atoms with van der Waals surface area (Å²) in [7, 11) is 0. The van der Waals surface area contributed by atoms with Crippen molar-refractivity contribution in [2.24, 2.45) is 0 Å². The highest BCUT2D eigenvalue weighted by atomic mass is 14.7. The largest absolute Gasteiger partial charge is 0.261 e. The summed E-state index contributed by atoms with van der Waals surface area (Å²) in [5.74, 6) is 0. The molecule has 0 aromatic carbocycles. The molecule has 0 radical (unpaired) electrons. The molecule has 0 amide bonds. The van der Waals surface area contributed by atoms with E-state index in [1.807, 2.05) is 13.1 Å². The molecule has 1 aromatic heterocycles. The summed E-state index contributed by atoms with van der Waals surface area (Å²) < 4.78 is 0. The summed E-state index contributed by atoms with van der Waals surface area (Å²) in [6.07, 6.45) is 9.77. The second-order valence-corrected chi connectivity index (χ2v) is 5.47. The smallest absolute Gasteiger partial charge is 0.0409 e. The lowest BCUT2D eigenvalue weighted by Gasteiger charge is -2.07. The van der Waals surface area contributed by atoms with Crippen molar-refractivity contribution in [1.29, 1.82) is 0 Å². The van der Waals surface area contributed by atoms with Crippen LogP contribution in [-0.4, -0.2) is 4.98 Å². The van der Waals surface area contributed by atoms with E-state index in [4.69, 9.17) is 0 Å². The fourth-order valence-corrected chi connectivity index (χ4v) is 1.96. The van der Waals surface area contributed by atoms with Crippen molar-refractivity contribution in [3.05, 3.63) is 60.0 Å². The number of hydrogen-bond donors (Lipinski definition) is 0. The lowest BCUT2D eigenvalue weighted by atomic mass is 10.0. The molecule has 0 aliphatic rings. The molecule has 0 unspecified atom stereocenters. The molecule has 0 aliphatic carbocycles. The van der Waals surface area contributed by atoms with Crippen molar-refractivity contribution in [3.63, 3.8) is 0 Å². The van der Waals surface area contributed by atoms with Crippen LogP contribution in [0.3, 0.4) is 0 Å². The van der Waals surface area contributed by atoms with Crippen molar-refractivity contribution in [2.75, 3.05) is 0 Å². The van der Waals surface area contributed by atoms with Crippen molar-refractivity contribution >= 4 is 5.57 Å². The van der Waals surface area contributed by atoms with E-state index >= 15 is 0 Å². The van der Waals surface area contributed by atoms with E-state index in [0.29, 0.717) is 0 Å². The van der Waals surface area contributed by atoms with Crippen molar-refractivity contribution in [2.45, 2.75) is 52.9 Å². The van der Waals surface area contributed by atoms with Crippen molar-refractivity contribution < 1.29 is 0 Å². The van der Waals surface area contributed by atoms with Crippen LogP contribution in [-0.2, 0) is 6.42 Å². The molecule has 108 valence electrons. The zero-order valence-electron chi connectivity index (χ0n) is 13.2. The molecule has 0 N–H and O–H groups in total. The second-order valence-electron chi connectivity index (χ2n) is 5.47. The number of hydrogen-bond acceptors (Lipinski definition) is 1. The minimum atomic E-state index is 0.872. The summed E-state index contributed by atoms with van der Waals surface area (Å²) in [6.45, 7) is 14.5. The number of rotatable bonds is 8. The van der Waals surface area contributed by atoms with E-state index in [2.05, 4.69) is 50.2 Å². The van der Waals surface area contributed by atoms with Gasteiger partial charge in [-0.15, -0.1) is 0 Å². The third kappa shape index (κ3) is 5.56. The van der Waals surface area contributed by atoms with Gasteiger partial charge in [0.05, 0.1) is 0 Å². The molecular formula is C19H27N. The fourth-order valence-electron chi connectivity index (χ4n) is 1.96. The molecule has 1 heteroatoms. The summed E-state index contributed by atoms with van der Waals surface area (Å²) in [4.78, 5) is 4.45. The Hall–Kier alpha value is -1.63. The summed E-state index contributed by atoms with van der Waals surface area (Å²) in [6, 6.07) is 4.23. The van der Waals surface area contributed by atoms with Crippen molar-refractivity contribution in [3.8, 4) is 0 Å². The van der Waals surface area contributed by atoms with E-state index in [-0.39, 0.29) is 0 Å². The third-order valence-electron chi connectivity index (χ3n) is 3.59. The van der Waals surface area contributed by atoms with Crippen LogP contribution in [0.15, 0.2) is 48.7 Å². The van der Waals surface area contributed by atoms with Gasteiger partial charge < -0.3 is 0 Å². The van der Waals surface area contributed by atoms with E-state index in [0.717, 1.165) is 24.0 Å². The molecule has 20 heavy (non-hydrogen) atoms. The van der Waals surface area contributed by atoms with Gasteiger partial charge in [-0.25, -0.2) is 0 Å². The van der Waals surface area contributed by atoms with Crippen LogP contribution < -0.4 is 0 Å². The van der Waals surface area contributed by atoms with E-state index in [9.17, 15) is 0 Å². The van der Waals surface area contributed by atoms with Gasteiger partial charge in [0, 0.05) is 11.9 Å². The van der Waals surface area contributed by atoms with E-state index in [1.54, 1.807) is 0 Å². The number of unbranched alkanes of at least 4 members (excludes halogenated alkanes) is 2. The van der Waals surface area contributed by atoms with Crippen LogP contribution in [0.4, 0.5) is 0 Å². The molecule has 0 aliphatic heterocycles. The van der Waals surface area contributed by atoms with Crippen LogP contribution in [0.2, 0.25) is 0 Å². The van der Waals surface area contributed by atoms with Gasteiger partial charge in [-0.05, 0) is 56.4 Å². The average molecular weight is 269 g/mol. The Morgan fingerprint density at radius 1 is 1.25 bits per heavy atom. The van der Waals surface area contributed by atoms with Crippen LogP contribution >= 0.6 is 0 Å². The first kappa shape index (κ1) is 16.4. The quantitative estimate of drug-likeness (QED) is 0.433. The Kier molecular flexibility index (Phi) is 7.00. The van der Waals surface area contributed by atoms with Crippen LogP contribution in [0.1, 0.15) is 57.7 Å². The SMILES string of the molecule is C=C(C)C(C)=CCC(=C)c1ccnc(CCCCC)c1. The average Bonchev–Trinajstić information content (AvgIpc) is 2.44. The first-order valence-electron chi connectivity index (χ1n) is 7.50. The lowest BCUT2D eigenvalue weighted by Crippen LogP contribution is -1.92. The zero-order valence-corrected chi connectivity index (χ0v) is 13.2. The summed E-state index contributed by atoms with van der Waals surface area (Å²) in [5.41, 5.74) is 5.89. The Labute approximate surface area is 124 Å². The first-order valence-corrected chi connectivity index (χ1v) is 7.50. The number of aryl methyl sites for hydroxylation is 1. The zero-order chi connectivity index (χ0) is 15.0. The summed E-state index contributed by atoms with van der Waals surface area (Å²) >= 11 is 0. The van der Waals surface area contributed by atoms with Crippen molar-refractivity contribution in [1.82, 2.24) is 4.98 Å². The molecule has 0 atom stereocenters. The maximum atomic E-state index is 4.45. The van der Waals surface area contributed by atoms with Gasteiger partial charge in [0.15, 0.2) is 0 Å². The number of nitrogens with zero attached hydrogens (tertiary/aromatic N) is 1. The Bertz CT molecular complexity index is 494. The molecular weight excluding hydrogens is 242 g/mol. The number of pyridine rings is 1. The predicted molar refractivity (Wildman–Crippen MR) is 89.7 cm³/mol. The van der Waals surface area contributed by atoms with Gasteiger partial charge in [0.1, 0.15) is 0 Å². The predicted octanol–water partition coefficient (Wildman–Crippen LogP) is 5.74. The lowest BCUT2D eigenvalue weighted by molar-refractivity contribution is 0.707. The van der Waals surface area contributed by atoms with Gasteiger partial charge in [-0.3, -0.25) is 4.98 Å². The second kappa shape index (κ2) is 8.52. The monoisotopic (exact) mass is 269 g/mol. The maximum Gasteiger partial charge on any atom is 0.0409 e. The molecule has 0 saturated carbocycles. The molecule has 0 fully saturated rings. The topological polar surface area (TPSA) is 12.9 Å². The van der Waals surface area contributed by atoms with Gasteiger partial charge in [0.2, 0.25) is 0 Å². The number of aromatic nitrogens is 1. The van der Waals surface area contributed by atoms with Gasteiger partial charge >= 0.3 is 0 Å². The fraction of sp³-hybridized carbons (Fsp3) is 0.421. The van der Waals surface area contributed by atoms with Crippen LogP contribution in [0.5, 0.6) is 0 Å². The molecule has 0 saturated heterocycles. The highest BCUT2D eigenvalue weighted by molar-refractivity contribution is 5.64. The highest BCUT2D eigenvalue weighted by Gasteiger charge is 2.01. The number of allylic oxidation sites excluding steroid dienone is 4. The summed E-state index contributed by atoms with van der Waals surface area (Å²) in [5, 5.41) is 0. The molecule has 1 nitrogen and oxygen atoms in total. The Balaban J connectivity index is 2.66. The molecule has 0 bridgehead atoms. The minimum Gasteiger partial charge on any atom is -0.261 e. The Morgan fingerprint density at radius 3 is 2.65 bits per heavy atom. The van der Waals surface area contributed by atoms with Crippen LogP contribution in [0, 0.1) is 0 Å². The minimum absolute atomic E-state index is 0.872. The van der Waals surface area contributed by atoms with Gasteiger partial charge in [0.25, 0.3) is 0 Å². The van der Waals surface area contributed by atoms with Crippen LogP contribution in [0.25, 0.3) is 5.57 Å². The van der Waals surface area contributed by atoms with E-state index < -0.39 is 0 Å². The molecule has 1 heterocycles. The normalized spacial score (nSPS) is 11.4. The molecule has 1 rings (SSSR count).